The van der Waals surface area contributed by atoms with Crippen molar-refractivity contribution in [3.05, 3.63) is 47.2 Å². The Morgan fingerprint density at radius 1 is 1.36 bits per heavy atom. The van der Waals surface area contributed by atoms with E-state index in [2.05, 4.69) is 20.1 Å². The summed E-state index contributed by atoms with van der Waals surface area (Å²) in [5, 5.41) is 9.66. The van der Waals surface area contributed by atoms with Crippen molar-refractivity contribution in [2.45, 2.75) is 33.0 Å². The zero-order valence-corrected chi connectivity index (χ0v) is 12.5. The summed E-state index contributed by atoms with van der Waals surface area (Å²) < 4.78 is 13.5. The van der Waals surface area contributed by atoms with Crippen LogP contribution in [0, 0.1) is 5.82 Å². The van der Waals surface area contributed by atoms with Crippen molar-refractivity contribution in [1.82, 2.24) is 24.9 Å². The molecule has 0 saturated carbocycles. The van der Waals surface area contributed by atoms with E-state index in [1.54, 1.807) is 10.9 Å². The van der Waals surface area contributed by atoms with Gasteiger partial charge in [0.15, 0.2) is 0 Å². The predicted molar refractivity (Wildman–Crippen MR) is 81.8 cm³/mol. The van der Waals surface area contributed by atoms with Crippen LogP contribution in [0.2, 0.25) is 0 Å². The van der Waals surface area contributed by atoms with Gasteiger partial charge in [0.1, 0.15) is 5.82 Å². The van der Waals surface area contributed by atoms with Gasteiger partial charge in [-0.05, 0) is 30.7 Å². The molecular formula is C16H18FN5. The monoisotopic (exact) mass is 299 g/mol. The Kier molecular flexibility index (Phi) is 3.18. The van der Waals surface area contributed by atoms with Crippen LogP contribution in [-0.2, 0) is 26.1 Å². The van der Waals surface area contributed by atoms with Gasteiger partial charge in [0.2, 0.25) is 0 Å². The number of aromatic nitrogens is 4. The van der Waals surface area contributed by atoms with Gasteiger partial charge in [-0.25, -0.2) is 4.39 Å². The summed E-state index contributed by atoms with van der Waals surface area (Å²) in [6.07, 6.45) is 2.78. The maximum atomic E-state index is 13.5. The molecule has 6 heteroatoms. The number of H-pyrrole nitrogens is 1. The van der Waals surface area contributed by atoms with E-state index in [4.69, 9.17) is 0 Å². The van der Waals surface area contributed by atoms with Crippen LogP contribution in [-0.4, -0.2) is 31.4 Å². The first-order valence-electron chi connectivity index (χ1n) is 7.63. The molecule has 5 nitrogen and oxygen atoms in total. The van der Waals surface area contributed by atoms with Crippen LogP contribution in [0.1, 0.15) is 23.9 Å². The van der Waals surface area contributed by atoms with Crippen molar-refractivity contribution in [2.24, 2.45) is 0 Å². The molecule has 0 radical (unpaired) electrons. The number of aromatic amines is 1. The zero-order chi connectivity index (χ0) is 15.1. The van der Waals surface area contributed by atoms with Gasteiger partial charge < -0.3 is 4.98 Å². The minimum atomic E-state index is -0.183. The SMILES string of the molecule is CCn1ncc(CN2CCc3[nH]c4ccc(F)cc4c3C2)n1. The fraction of sp³-hybridized carbons (Fsp3) is 0.375. The van der Waals surface area contributed by atoms with Crippen LogP contribution >= 0.6 is 0 Å². The molecule has 0 atom stereocenters. The lowest BCUT2D eigenvalue weighted by molar-refractivity contribution is 0.242. The largest absolute Gasteiger partial charge is 0.358 e. The van der Waals surface area contributed by atoms with E-state index in [1.807, 2.05) is 19.2 Å². The minimum Gasteiger partial charge on any atom is -0.358 e. The summed E-state index contributed by atoms with van der Waals surface area (Å²) >= 11 is 0. The van der Waals surface area contributed by atoms with Crippen LogP contribution in [0.5, 0.6) is 0 Å². The maximum Gasteiger partial charge on any atom is 0.123 e. The minimum absolute atomic E-state index is 0.183. The molecule has 1 aliphatic rings. The van der Waals surface area contributed by atoms with E-state index in [0.29, 0.717) is 0 Å². The van der Waals surface area contributed by atoms with Crippen molar-refractivity contribution in [1.29, 1.82) is 0 Å². The summed E-state index contributed by atoms with van der Waals surface area (Å²) in [6, 6.07) is 4.95. The van der Waals surface area contributed by atoms with Crippen LogP contribution in [0.15, 0.2) is 24.4 Å². The number of halogens is 1. The number of hydrogen-bond acceptors (Lipinski definition) is 3. The Balaban J connectivity index is 1.60. The van der Waals surface area contributed by atoms with Crippen molar-refractivity contribution < 1.29 is 4.39 Å². The molecule has 4 rings (SSSR count). The molecule has 0 spiro atoms. The van der Waals surface area contributed by atoms with Gasteiger partial charge in [-0.2, -0.15) is 15.0 Å². The smallest absolute Gasteiger partial charge is 0.123 e. The fourth-order valence-electron chi connectivity index (χ4n) is 3.16. The quantitative estimate of drug-likeness (QED) is 0.808. The van der Waals surface area contributed by atoms with Crippen molar-refractivity contribution in [2.75, 3.05) is 6.54 Å². The van der Waals surface area contributed by atoms with E-state index >= 15 is 0 Å². The highest BCUT2D eigenvalue weighted by molar-refractivity contribution is 5.84. The van der Waals surface area contributed by atoms with Crippen LogP contribution in [0.4, 0.5) is 4.39 Å². The van der Waals surface area contributed by atoms with E-state index in [-0.39, 0.29) is 5.82 Å². The number of nitrogens with one attached hydrogen (secondary N) is 1. The van der Waals surface area contributed by atoms with Gasteiger partial charge in [-0.3, -0.25) is 4.90 Å². The van der Waals surface area contributed by atoms with Gasteiger partial charge in [0.05, 0.1) is 18.4 Å². The van der Waals surface area contributed by atoms with E-state index in [0.717, 1.165) is 49.2 Å². The van der Waals surface area contributed by atoms with Crippen molar-refractivity contribution in [3.8, 4) is 0 Å². The average molecular weight is 299 g/mol. The molecule has 1 N–H and O–H groups in total. The first-order chi connectivity index (χ1) is 10.7. The molecule has 0 fully saturated rings. The number of fused-ring (bicyclic) bond motifs is 3. The molecular weight excluding hydrogens is 281 g/mol. The van der Waals surface area contributed by atoms with Crippen molar-refractivity contribution >= 4 is 10.9 Å². The second kappa shape index (κ2) is 5.21. The van der Waals surface area contributed by atoms with Crippen LogP contribution < -0.4 is 0 Å². The van der Waals surface area contributed by atoms with Gasteiger partial charge >= 0.3 is 0 Å². The number of aryl methyl sites for hydroxylation is 1. The molecule has 3 heterocycles. The fourth-order valence-corrected chi connectivity index (χ4v) is 3.16. The van der Waals surface area contributed by atoms with E-state index in [9.17, 15) is 4.39 Å². The van der Waals surface area contributed by atoms with E-state index in [1.165, 1.54) is 17.3 Å². The Morgan fingerprint density at radius 3 is 3.09 bits per heavy atom. The third-order valence-electron chi connectivity index (χ3n) is 4.27. The Morgan fingerprint density at radius 2 is 2.27 bits per heavy atom. The van der Waals surface area contributed by atoms with Gasteiger partial charge in [-0.15, -0.1) is 0 Å². The highest BCUT2D eigenvalue weighted by Gasteiger charge is 2.21. The Labute approximate surface area is 127 Å². The summed E-state index contributed by atoms with van der Waals surface area (Å²) in [5.41, 5.74) is 4.44. The predicted octanol–water partition coefficient (Wildman–Crippen LogP) is 2.48. The van der Waals surface area contributed by atoms with Gasteiger partial charge in [0, 0.05) is 42.7 Å². The number of nitrogens with zero attached hydrogens (tertiary/aromatic N) is 4. The van der Waals surface area contributed by atoms with Gasteiger partial charge in [-0.1, -0.05) is 0 Å². The van der Waals surface area contributed by atoms with Crippen LogP contribution in [0.3, 0.4) is 0 Å². The molecule has 2 aromatic heterocycles. The highest BCUT2D eigenvalue weighted by atomic mass is 19.1. The second-order valence-electron chi connectivity index (χ2n) is 5.76. The third-order valence-corrected chi connectivity index (χ3v) is 4.27. The third kappa shape index (κ3) is 2.29. The molecule has 0 bridgehead atoms. The van der Waals surface area contributed by atoms with E-state index < -0.39 is 0 Å². The van der Waals surface area contributed by atoms with Crippen LogP contribution in [0.25, 0.3) is 10.9 Å². The van der Waals surface area contributed by atoms with Crippen molar-refractivity contribution in [3.63, 3.8) is 0 Å². The lowest BCUT2D eigenvalue weighted by Gasteiger charge is -2.26. The normalized spacial score (nSPS) is 15.4. The molecule has 0 amide bonds. The molecule has 1 aromatic carbocycles. The molecule has 0 unspecified atom stereocenters. The Bertz CT molecular complexity index is 819. The summed E-state index contributed by atoms with van der Waals surface area (Å²) in [5.74, 6) is -0.183. The lowest BCUT2D eigenvalue weighted by atomic mass is 10.0. The van der Waals surface area contributed by atoms with Gasteiger partial charge in [0.25, 0.3) is 0 Å². The summed E-state index contributed by atoms with van der Waals surface area (Å²) in [4.78, 5) is 7.45. The first-order valence-corrected chi connectivity index (χ1v) is 7.63. The molecule has 0 saturated heterocycles. The number of hydrogen-bond donors (Lipinski definition) is 1. The standard InChI is InChI=1S/C16H18FN5/c1-2-22-18-8-12(20-22)9-21-6-5-16-14(10-21)13-7-11(17)3-4-15(13)19-16/h3-4,7-8,19H,2,5-6,9-10H2,1H3. The number of rotatable bonds is 3. The topological polar surface area (TPSA) is 49.7 Å². The zero-order valence-electron chi connectivity index (χ0n) is 12.5. The molecule has 0 aliphatic carbocycles. The molecule has 114 valence electrons. The second-order valence-corrected chi connectivity index (χ2v) is 5.76. The Hall–Kier alpha value is -2.21. The lowest BCUT2D eigenvalue weighted by Crippen LogP contribution is -2.30. The highest BCUT2D eigenvalue weighted by Crippen LogP contribution is 2.28. The summed E-state index contributed by atoms with van der Waals surface area (Å²) in [7, 11) is 0. The number of benzene rings is 1. The first kappa shape index (κ1) is 13.5. The maximum absolute atomic E-state index is 13.5. The molecule has 1 aliphatic heterocycles. The average Bonchev–Trinajstić information content (AvgIpc) is 3.11. The molecule has 22 heavy (non-hydrogen) atoms. The summed E-state index contributed by atoms with van der Waals surface area (Å²) in [6.45, 7) is 5.38. The molecule has 3 aromatic rings.